The number of benzene rings is 2. The number of ether oxygens (including phenoxy) is 1. The van der Waals surface area contributed by atoms with Gasteiger partial charge in [0, 0.05) is 24.8 Å². The van der Waals surface area contributed by atoms with Gasteiger partial charge >= 0.3 is 0 Å². The third-order valence-corrected chi connectivity index (χ3v) is 5.87. The van der Waals surface area contributed by atoms with Crippen molar-refractivity contribution in [2.45, 2.75) is 24.7 Å². The van der Waals surface area contributed by atoms with E-state index < -0.39 is 10.0 Å². The molecule has 1 N–H and O–H groups in total. The van der Waals surface area contributed by atoms with Crippen LogP contribution < -0.4 is 10.1 Å². The standard InChI is InChI=1S/C19H24N2O4S/c1-4-5-14-21(2)26(23,24)18-12-6-15(7-13-18)19(22)20-16-8-10-17(25-3)11-9-16/h6-13H,4-5,14H2,1-3H3,(H,20,22). The van der Waals surface area contributed by atoms with Crippen molar-refractivity contribution in [1.82, 2.24) is 4.31 Å². The number of hydrogen-bond acceptors (Lipinski definition) is 4. The van der Waals surface area contributed by atoms with E-state index in [1.54, 1.807) is 38.4 Å². The van der Waals surface area contributed by atoms with Gasteiger partial charge in [0.05, 0.1) is 12.0 Å². The van der Waals surface area contributed by atoms with Gasteiger partial charge in [0.2, 0.25) is 10.0 Å². The van der Waals surface area contributed by atoms with E-state index in [4.69, 9.17) is 4.74 Å². The van der Waals surface area contributed by atoms with E-state index >= 15 is 0 Å². The highest BCUT2D eigenvalue weighted by Crippen LogP contribution is 2.18. The second kappa shape index (κ2) is 8.82. The molecule has 7 heteroatoms. The molecule has 0 fully saturated rings. The van der Waals surface area contributed by atoms with Crippen molar-refractivity contribution in [2.75, 3.05) is 26.0 Å². The fourth-order valence-electron chi connectivity index (χ4n) is 2.34. The summed E-state index contributed by atoms with van der Waals surface area (Å²) in [6, 6.07) is 12.9. The first-order valence-corrected chi connectivity index (χ1v) is 9.84. The number of carbonyl (C=O) groups is 1. The lowest BCUT2D eigenvalue weighted by Crippen LogP contribution is -2.28. The van der Waals surface area contributed by atoms with Crippen LogP contribution in [0.15, 0.2) is 53.4 Å². The predicted molar refractivity (Wildman–Crippen MR) is 102 cm³/mol. The zero-order chi connectivity index (χ0) is 19.2. The van der Waals surface area contributed by atoms with E-state index in [0.29, 0.717) is 23.5 Å². The van der Waals surface area contributed by atoms with Gasteiger partial charge in [-0.1, -0.05) is 13.3 Å². The minimum absolute atomic E-state index is 0.178. The SMILES string of the molecule is CCCCN(C)S(=O)(=O)c1ccc(C(=O)Nc2ccc(OC)cc2)cc1. The molecule has 0 aliphatic rings. The molecule has 2 rings (SSSR count). The van der Waals surface area contributed by atoms with Gasteiger partial charge in [0.1, 0.15) is 5.75 Å². The molecule has 6 nitrogen and oxygen atoms in total. The Balaban J connectivity index is 2.09. The first kappa shape index (κ1) is 19.9. The van der Waals surface area contributed by atoms with Crippen LogP contribution in [-0.2, 0) is 10.0 Å². The highest BCUT2D eigenvalue weighted by molar-refractivity contribution is 7.89. The Morgan fingerprint density at radius 3 is 2.23 bits per heavy atom. The molecule has 0 radical (unpaired) electrons. The molecule has 2 aromatic rings. The van der Waals surface area contributed by atoms with Gasteiger partial charge in [-0.05, 0) is 55.0 Å². The Bertz CT molecular complexity index is 831. The molecule has 0 saturated carbocycles. The zero-order valence-electron chi connectivity index (χ0n) is 15.2. The van der Waals surface area contributed by atoms with Gasteiger partial charge in [-0.3, -0.25) is 4.79 Å². The molecule has 0 atom stereocenters. The molecule has 140 valence electrons. The number of hydrogen-bond donors (Lipinski definition) is 1. The molecular weight excluding hydrogens is 352 g/mol. The molecule has 0 aromatic heterocycles. The lowest BCUT2D eigenvalue weighted by molar-refractivity contribution is 0.102. The lowest BCUT2D eigenvalue weighted by atomic mass is 10.2. The smallest absolute Gasteiger partial charge is 0.255 e. The normalized spacial score (nSPS) is 11.4. The van der Waals surface area contributed by atoms with Crippen LogP contribution in [0, 0.1) is 0 Å². The molecule has 0 spiro atoms. The van der Waals surface area contributed by atoms with Crippen LogP contribution in [0.3, 0.4) is 0 Å². The lowest BCUT2D eigenvalue weighted by Gasteiger charge is -2.17. The largest absolute Gasteiger partial charge is 0.497 e. The molecule has 2 aromatic carbocycles. The maximum atomic E-state index is 12.5. The first-order valence-electron chi connectivity index (χ1n) is 8.40. The average Bonchev–Trinajstić information content (AvgIpc) is 2.66. The topological polar surface area (TPSA) is 75.7 Å². The Kier molecular flexibility index (Phi) is 6.76. The summed E-state index contributed by atoms with van der Waals surface area (Å²) in [5.41, 5.74) is 1.02. The summed E-state index contributed by atoms with van der Waals surface area (Å²) in [4.78, 5) is 12.5. The molecule has 1 amide bonds. The van der Waals surface area contributed by atoms with Crippen molar-refractivity contribution in [3.05, 3.63) is 54.1 Å². The first-order chi connectivity index (χ1) is 12.4. The van der Waals surface area contributed by atoms with Crippen LogP contribution in [0.2, 0.25) is 0 Å². The molecule has 0 aliphatic carbocycles. The maximum absolute atomic E-state index is 12.5. The summed E-state index contributed by atoms with van der Waals surface area (Å²) in [5.74, 6) is 0.392. The van der Waals surface area contributed by atoms with Gasteiger partial charge in [-0.15, -0.1) is 0 Å². The van der Waals surface area contributed by atoms with Crippen LogP contribution in [0.1, 0.15) is 30.1 Å². The molecule has 0 bridgehead atoms. The summed E-state index contributed by atoms with van der Waals surface area (Å²) in [7, 11) is -0.395. The van der Waals surface area contributed by atoms with Crippen molar-refractivity contribution < 1.29 is 17.9 Å². The van der Waals surface area contributed by atoms with Crippen molar-refractivity contribution >= 4 is 21.6 Å². The van der Waals surface area contributed by atoms with Gasteiger partial charge in [-0.2, -0.15) is 0 Å². The second-order valence-electron chi connectivity index (χ2n) is 5.89. The van der Waals surface area contributed by atoms with Crippen LogP contribution in [0.4, 0.5) is 5.69 Å². The highest BCUT2D eigenvalue weighted by atomic mass is 32.2. The number of sulfonamides is 1. The summed E-state index contributed by atoms with van der Waals surface area (Å²) in [6.45, 7) is 2.48. The average molecular weight is 376 g/mol. The van der Waals surface area contributed by atoms with Crippen LogP contribution in [0.5, 0.6) is 5.75 Å². The van der Waals surface area contributed by atoms with Crippen molar-refractivity contribution in [2.24, 2.45) is 0 Å². The van der Waals surface area contributed by atoms with E-state index in [1.165, 1.54) is 28.6 Å². The molecule has 0 heterocycles. The number of nitrogens with one attached hydrogen (secondary N) is 1. The number of carbonyl (C=O) groups excluding carboxylic acids is 1. The second-order valence-corrected chi connectivity index (χ2v) is 7.93. The molecular formula is C19H24N2O4S. The summed E-state index contributed by atoms with van der Waals surface area (Å²) in [5, 5.41) is 2.76. The number of methoxy groups -OCH3 is 1. The summed E-state index contributed by atoms with van der Waals surface area (Å²) in [6.07, 6.45) is 1.72. The van der Waals surface area contributed by atoms with E-state index in [-0.39, 0.29) is 10.8 Å². The van der Waals surface area contributed by atoms with Gasteiger partial charge in [0.25, 0.3) is 5.91 Å². The van der Waals surface area contributed by atoms with E-state index in [1.807, 2.05) is 6.92 Å². The van der Waals surface area contributed by atoms with Crippen LogP contribution >= 0.6 is 0 Å². The minimum atomic E-state index is -3.53. The number of amides is 1. The maximum Gasteiger partial charge on any atom is 0.255 e. The predicted octanol–water partition coefficient (Wildman–Crippen LogP) is 3.37. The van der Waals surface area contributed by atoms with Crippen molar-refractivity contribution in [1.29, 1.82) is 0 Å². The highest BCUT2D eigenvalue weighted by Gasteiger charge is 2.20. The molecule has 0 unspecified atom stereocenters. The molecule has 0 aliphatic heterocycles. The third-order valence-electron chi connectivity index (χ3n) is 4.00. The van der Waals surface area contributed by atoms with Gasteiger partial charge in [-0.25, -0.2) is 12.7 Å². The summed E-state index contributed by atoms with van der Waals surface area (Å²) >= 11 is 0. The van der Waals surface area contributed by atoms with Gasteiger partial charge in [0.15, 0.2) is 0 Å². The van der Waals surface area contributed by atoms with E-state index in [2.05, 4.69) is 5.32 Å². The van der Waals surface area contributed by atoms with Crippen LogP contribution in [0.25, 0.3) is 0 Å². The fraction of sp³-hybridized carbons (Fsp3) is 0.316. The number of nitrogens with zero attached hydrogens (tertiary/aromatic N) is 1. The number of unbranched alkanes of at least 4 members (excludes halogenated alkanes) is 1. The van der Waals surface area contributed by atoms with E-state index in [9.17, 15) is 13.2 Å². The Labute approximate surface area is 154 Å². The Morgan fingerprint density at radius 1 is 1.08 bits per heavy atom. The Morgan fingerprint density at radius 2 is 1.69 bits per heavy atom. The quantitative estimate of drug-likeness (QED) is 0.766. The summed E-state index contributed by atoms with van der Waals surface area (Å²) < 4.78 is 31.4. The Hall–Kier alpha value is -2.38. The van der Waals surface area contributed by atoms with Crippen molar-refractivity contribution in [3.8, 4) is 5.75 Å². The molecule has 26 heavy (non-hydrogen) atoms. The monoisotopic (exact) mass is 376 g/mol. The third kappa shape index (κ3) is 4.83. The van der Waals surface area contributed by atoms with E-state index in [0.717, 1.165) is 12.8 Å². The molecule has 0 saturated heterocycles. The van der Waals surface area contributed by atoms with Gasteiger partial charge < -0.3 is 10.1 Å². The van der Waals surface area contributed by atoms with Crippen LogP contribution in [-0.4, -0.2) is 39.3 Å². The van der Waals surface area contributed by atoms with Crippen molar-refractivity contribution in [3.63, 3.8) is 0 Å². The zero-order valence-corrected chi connectivity index (χ0v) is 16.0. The number of anilines is 1. The number of rotatable bonds is 8. The fourth-order valence-corrected chi connectivity index (χ4v) is 3.55. The minimum Gasteiger partial charge on any atom is -0.497 e.